The van der Waals surface area contributed by atoms with Crippen molar-refractivity contribution in [2.45, 2.75) is 6.92 Å². The number of halogens is 1. The molecule has 0 bridgehead atoms. The molecule has 2 N–H and O–H groups in total. The molecule has 0 aromatic carbocycles. The van der Waals surface area contributed by atoms with Gasteiger partial charge in [0.15, 0.2) is 0 Å². The van der Waals surface area contributed by atoms with Gasteiger partial charge in [-0.3, -0.25) is 9.59 Å². The van der Waals surface area contributed by atoms with Crippen molar-refractivity contribution in [3.05, 3.63) is 23.7 Å². The molecule has 0 radical (unpaired) electrons. The van der Waals surface area contributed by atoms with Gasteiger partial charge in [0.25, 0.3) is 0 Å². The third kappa shape index (κ3) is 2.10. The van der Waals surface area contributed by atoms with Crippen molar-refractivity contribution in [2.24, 2.45) is 17.8 Å². The second-order valence-corrected chi connectivity index (χ2v) is 4.28. The Bertz CT molecular complexity index is 443. The molecule has 18 heavy (non-hydrogen) atoms. The summed E-state index contributed by atoms with van der Waals surface area (Å²) in [6, 6.07) is 0. The van der Waals surface area contributed by atoms with Crippen molar-refractivity contribution in [1.82, 2.24) is 5.32 Å². The van der Waals surface area contributed by atoms with E-state index in [4.69, 9.17) is 9.84 Å². The Balaban J connectivity index is 2.20. The van der Waals surface area contributed by atoms with Crippen molar-refractivity contribution in [3.63, 3.8) is 0 Å². The molecule has 2 unspecified atom stereocenters. The van der Waals surface area contributed by atoms with Crippen LogP contribution >= 0.6 is 0 Å². The average molecular weight is 255 g/mol. The number of amides is 1. The van der Waals surface area contributed by atoms with Gasteiger partial charge in [-0.15, -0.1) is 0 Å². The maximum atomic E-state index is 13.8. The lowest BCUT2D eigenvalue weighted by Gasteiger charge is -2.18. The van der Waals surface area contributed by atoms with Crippen LogP contribution in [0.2, 0.25) is 0 Å². The smallest absolute Gasteiger partial charge is 0.316 e. The van der Waals surface area contributed by atoms with E-state index in [0.717, 1.165) is 0 Å². The molecule has 1 aliphatic heterocycles. The maximum absolute atomic E-state index is 13.8. The fourth-order valence-corrected chi connectivity index (χ4v) is 2.39. The highest BCUT2D eigenvalue weighted by molar-refractivity contribution is 5.99. The summed E-state index contributed by atoms with van der Waals surface area (Å²) in [7, 11) is 0. The fraction of sp³-hybridized carbons (Fsp3) is 0.500. The van der Waals surface area contributed by atoms with E-state index in [-0.39, 0.29) is 6.54 Å². The Hall–Kier alpha value is -1.85. The van der Waals surface area contributed by atoms with Gasteiger partial charge in [-0.1, -0.05) is 0 Å². The van der Waals surface area contributed by atoms with Crippen molar-refractivity contribution in [2.75, 3.05) is 13.2 Å². The first kappa shape index (κ1) is 12.6. The van der Waals surface area contributed by atoms with Gasteiger partial charge >= 0.3 is 5.97 Å². The van der Waals surface area contributed by atoms with E-state index in [9.17, 15) is 14.0 Å². The minimum Gasteiger partial charge on any atom is -0.494 e. The number of ether oxygens (including phenoxy) is 1. The molecule has 1 saturated heterocycles. The summed E-state index contributed by atoms with van der Waals surface area (Å²) < 4.78 is 19.0. The number of aliphatic carboxylic acids is 1. The van der Waals surface area contributed by atoms with Crippen molar-refractivity contribution < 1.29 is 23.8 Å². The summed E-state index contributed by atoms with van der Waals surface area (Å²) in [5.74, 6) is -4.35. The molecule has 6 heteroatoms. The zero-order chi connectivity index (χ0) is 13.3. The highest BCUT2D eigenvalue weighted by Gasteiger charge is 2.46. The van der Waals surface area contributed by atoms with E-state index in [0.29, 0.717) is 12.4 Å². The largest absolute Gasteiger partial charge is 0.494 e. The number of carbonyl (C=O) groups is 2. The summed E-state index contributed by atoms with van der Waals surface area (Å²) in [5.41, 5.74) is 0. The third-order valence-corrected chi connectivity index (χ3v) is 3.20. The van der Waals surface area contributed by atoms with Gasteiger partial charge < -0.3 is 15.2 Å². The lowest BCUT2D eigenvalue weighted by molar-refractivity contribution is -0.147. The first-order chi connectivity index (χ1) is 8.54. The molecule has 2 aliphatic rings. The highest BCUT2D eigenvalue weighted by Crippen LogP contribution is 2.37. The monoisotopic (exact) mass is 255 g/mol. The molecule has 1 aliphatic carbocycles. The molecule has 0 spiro atoms. The van der Waals surface area contributed by atoms with Gasteiger partial charge in [0.2, 0.25) is 5.91 Å². The van der Waals surface area contributed by atoms with Crippen molar-refractivity contribution >= 4 is 11.9 Å². The molecule has 0 saturated carbocycles. The predicted molar refractivity (Wildman–Crippen MR) is 60.0 cm³/mol. The van der Waals surface area contributed by atoms with E-state index in [1.54, 1.807) is 13.0 Å². The van der Waals surface area contributed by atoms with E-state index in [1.807, 2.05) is 0 Å². The van der Waals surface area contributed by atoms with Gasteiger partial charge in [0.05, 0.1) is 6.61 Å². The van der Waals surface area contributed by atoms with Crippen molar-refractivity contribution in [3.8, 4) is 0 Å². The van der Waals surface area contributed by atoms with Crippen LogP contribution in [-0.2, 0) is 14.3 Å². The Labute approximate surface area is 103 Å². The SMILES string of the molecule is CCOC1=CC(C2CNC(=O)[C@H]2C(=O)O)C(F)=C1. The molecule has 1 amide bonds. The van der Waals surface area contributed by atoms with Crippen LogP contribution in [0.4, 0.5) is 4.39 Å². The zero-order valence-corrected chi connectivity index (χ0v) is 9.85. The zero-order valence-electron chi connectivity index (χ0n) is 9.85. The Morgan fingerprint density at radius 1 is 1.67 bits per heavy atom. The normalized spacial score (nSPS) is 30.8. The summed E-state index contributed by atoms with van der Waals surface area (Å²) in [6.45, 7) is 2.35. The molecule has 98 valence electrons. The van der Waals surface area contributed by atoms with Crippen LogP contribution in [0.1, 0.15) is 6.92 Å². The number of nitrogens with one attached hydrogen (secondary N) is 1. The van der Waals surface area contributed by atoms with Crippen molar-refractivity contribution in [1.29, 1.82) is 0 Å². The fourth-order valence-electron chi connectivity index (χ4n) is 2.39. The Morgan fingerprint density at radius 3 is 3.00 bits per heavy atom. The van der Waals surface area contributed by atoms with Gasteiger partial charge in [-0.25, -0.2) is 4.39 Å². The predicted octanol–water partition coefficient (Wildman–Crippen LogP) is 0.837. The quantitative estimate of drug-likeness (QED) is 0.730. The number of carboxylic acid groups (broad SMARTS) is 1. The van der Waals surface area contributed by atoms with Crippen LogP contribution in [0.25, 0.3) is 0 Å². The molecule has 0 aromatic rings. The molecule has 2 rings (SSSR count). The molecule has 3 atom stereocenters. The number of carbonyl (C=O) groups excluding carboxylic acids is 1. The lowest BCUT2D eigenvalue weighted by Crippen LogP contribution is -2.30. The lowest BCUT2D eigenvalue weighted by atomic mass is 9.84. The minimum atomic E-state index is -1.22. The number of rotatable bonds is 4. The van der Waals surface area contributed by atoms with Crippen LogP contribution in [-0.4, -0.2) is 30.1 Å². The first-order valence-electron chi connectivity index (χ1n) is 5.76. The van der Waals surface area contributed by atoms with Gasteiger partial charge in [-0.05, 0) is 13.0 Å². The maximum Gasteiger partial charge on any atom is 0.316 e. The molecule has 1 heterocycles. The van der Waals surface area contributed by atoms with Crippen LogP contribution in [0.5, 0.6) is 0 Å². The van der Waals surface area contributed by atoms with Gasteiger partial charge in [0, 0.05) is 24.5 Å². The number of carboxylic acids is 1. The second-order valence-electron chi connectivity index (χ2n) is 4.28. The summed E-state index contributed by atoms with van der Waals surface area (Å²) in [4.78, 5) is 22.4. The van der Waals surface area contributed by atoms with Crippen LogP contribution in [0.3, 0.4) is 0 Å². The molecule has 0 aromatic heterocycles. The molecule has 5 nitrogen and oxygen atoms in total. The van der Waals surface area contributed by atoms with E-state index >= 15 is 0 Å². The first-order valence-corrected chi connectivity index (χ1v) is 5.76. The number of hydrogen-bond donors (Lipinski definition) is 2. The third-order valence-electron chi connectivity index (χ3n) is 3.20. The standard InChI is InChI=1S/C12H14FNO4/c1-2-18-6-3-7(9(13)4-6)8-5-14-11(15)10(8)12(16)17/h3-4,7-8,10H,2,5H2,1H3,(H,14,15)(H,16,17)/t7?,8?,10-/m0/s1. The number of hydrogen-bond acceptors (Lipinski definition) is 3. The average Bonchev–Trinajstić information content (AvgIpc) is 2.82. The second kappa shape index (κ2) is 4.80. The van der Waals surface area contributed by atoms with Gasteiger partial charge in [0.1, 0.15) is 17.5 Å². The van der Waals surface area contributed by atoms with Gasteiger partial charge in [-0.2, -0.15) is 0 Å². The highest BCUT2D eigenvalue weighted by atomic mass is 19.1. The summed E-state index contributed by atoms with van der Waals surface area (Å²) in [6.07, 6.45) is 2.79. The van der Waals surface area contributed by atoms with E-state index in [2.05, 4.69) is 5.32 Å². The molecular formula is C12H14FNO4. The Kier molecular flexibility index (Phi) is 3.36. The molecule has 1 fully saturated rings. The van der Waals surface area contributed by atoms with Crippen LogP contribution in [0, 0.1) is 17.8 Å². The summed E-state index contributed by atoms with van der Waals surface area (Å²) in [5, 5.41) is 11.5. The van der Waals surface area contributed by atoms with E-state index in [1.165, 1.54) is 6.08 Å². The number of allylic oxidation sites excluding steroid dienone is 3. The Morgan fingerprint density at radius 2 is 2.39 bits per heavy atom. The van der Waals surface area contributed by atoms with Crippen LogP contribution in [0.15, 0.2) is 23.7 Å². The van der Waals surface area contributed by atoms with E-state index < -0.39 is 35.5 Å². The van der Waals surface area contributed by atoms with Crippen LogP contribution < -0.4 is 5.32 Å². The topological polar surface area (TPSA) is 75.6 Å². The summed E-state index contributed by atoms with van der Waals surface area (Å²) >= 11 is 0. The minimum absolute atomic E-state index is 0.164. The molecular weight excluding hydrogens is 241 g/mol.